The van der Waals surface area contributed by atoms with E-state index in [2.05, 4.69) is 22.9 Å². The van der Waals surface area contributed by atoms with Crippen LogP contribution in [0.25, 0.3) is 0 Å². The lowest BCUT2D eigenvalue weighted by Crippen LogP contribution is -2.08. The molecule has 0 saturated heterocycles. The number of benzene rings is 1. The number of nitro benzene ring substituents is 1. The van der Waals surface area contributed by atoms with Gasteiger partial charge in [-0.2, -0.15) is 0 Å². The van der Waals surface area contributed by atoms with Crippen molar-refractivity contribution < 1.29 is 14.4 Å². The highest BCUT2D eigenvalue weighted by Gasteiger charge is 2.15. The Balaban J connectivity index is 2.44. The van der Waals surface area contributed by atoms with Gasteiger partial charge in [0, 0.05) is 17.1 Å². The molecule has 0 fully saturated rings. The minimum atomic E-state index is -0.460. The van der Waals surface area contributed by atoms with Crippen LogP contribution >= 0.6 is 15.9 Å². The summed E-state index contributed by atoms with van der Waals surface area (Å²) in [6.45, 7) is 3.53. The number of hydrogen-bond acceptors (Lipinski definition) is 4. The van der Waals surface area contributed by atoms with E-state index in [1.807, 2.05) is 0 Å². The molecule has 0 unspecified atom stereocenters. The van der Waals surface area contributed by atoms with Crippen molar-refractivity contribution in [3.8, 4) is 5.75 Å². The zero-order chi connectivity index (χ0) is 13.4. The fraction of sp³-hybridized carbons (Fsp3) is 0.500. The van der Waals surface area contributed by atoms with E-state index < -0.39 is 4.92 Å². The zero-order valence-electron chi connectivity index (χ0n) is 10.2. The van der Waals surface area contributed by atoms with Crippen LogP contribution in [0.5, 0.6) is 5.75 Å². The predicted molar refractivity (Wildman–Crippen MR) is 72.0 cm³/mol. The number of nitrogens with zero attached hydrogens (tertiary/aromatic N) is 1. The fourth-order valence-corrected chi connectivity index (χ4v) is 1.66. The first-order valence-corrected chi connectivity index (χ1v) is 6.59. The van der Waals surface area contributed by atoms with Gasteiger partial charge in [-0.3, -0.25) is 10.1 Å². The molecule has 0 atom stereocenters. The second-order valence-corrected chi connectivity index (χ2v) is 4.60. The summed E-state index contributed by atoms with van der Waals surface area (Å²) in [4.78, 5) is 10.4. The van der Waals surface area contributed by atoms with Gasteiger partial charge in [-0.05, 0) is 18.6 Å². The first kappa shape index (κ1) is 14.9. The second-order valence-electron chi connectivity index (χ2n) is 3.68. The minimum absolute atomic E-state index is 0.0436. The molecular weight excluding hydrogens is 302 g/mol. The number of ether oxygens (including phenoxy) is 2. The number of halogens is 1. The van der Waals surface area contributed by atoms with Crippen molar-refractivity contribution in [3.63, 3.8) is 0 Å². The van der Waals surface area contributed by atoms with Gasteiger partial charge < -0.3 is 9.47 Å². The minimum Gasteiger partial charge on any atom is -0.484 e. The first-order chi connectivity index (χ1) is 8.65. The molecule has 0 radical (unpaired) electrons. The largest absolute Gasteiger partial charge is 0.484 e. The molecule has 18 heavy (non-hydrogen) atoms. The van der Waals surface area contributed by atoms with Crippen molar-refractivity contribution in [3.05, 3.63) is 32.8 Å². The Kier molecular flexibility index (Phi) is 6.67. The lowest BCUT2D eigenvalue weighted by molar-refractivity contribution is -0.386. The van der Waals surface area contributed by atoms with Crippen LogP contribution in [-0.2, 0) is 4.74 Å². The lowest BCUT2D eigenvalue weighted by atomic mass is 10.3. The summed E-state index contributed by atoms with van der Waals surface area (Å²) >= 11 is 3.19. The van der Waals surface area contributed by atoms with Crippen molar-refractivity contribution in [2.45, 2.75) is 19.8 Å². The van der Waals surface area contributed by atoms with Crippen LogP contribution in [0, 0.1) is 10.1 Å². The Labute approximate surface area is 114 Å². The van der Waals surface area contributed by atoms with E-state index in [4.69, 9.17) is 9.47 Å². The van der Waals surface area contributed by atoms with Gasteiger partial charge in [0.15, 0.2) is 5.75 Å². The number of nitro groups is 1. The Morgan fingerprint density at radius 1 is 1.33 bits per heavy atom. The molecule has 0 amide bonds. The Hall–Kier alpha value is -1.14. The smallest absolute Gasteiger partial charge is 0.312 e. The second kappa shape index (κ2) is 8.05. The summed E-state index contributed by atoms with van der Waals surface area (Å²) in [5, 5.41) is 10.8. The molecule has 0 aromatic heterocycles. The van der Waals surface area contributed by atoms with Crippen molar-refractivity contribution in [1.82, 2.24) is 0 Å². The molecule has 0 spiro atoms. The van der Waals surface area contributed by atoms with Gasteiger partial charge >= 0.3 is 5.69 Å². The maximum Gasteiger partial charge on any atom is 0.312 e. The molecule has 0 aliphatic heterocycles. The van der Waals surface area contributed by atoms with Crippen LogP contribution in [0.4, 0.5) is 5.69 Å². The molecule has 0 aliphatic rings. The third kappa shape index (κ3) is 5.01. The van der Waals surface area contributed by atoms with Crippen molar-refractivity contribution in [2.24, 2.45) is 0 Å². The van der Waals surface area contributed by atoms with E-state index in [1.54, 1.807) is 12.1 Å². The van der Waals surface area contributed by atoms with Crippen LogP contribution in [0.15, 0.2) is 22.7 Å². The molecule has 0 heterocycles. The summed E-state index contributed by atoms with van der Waals surface area (Å²) < 4.78 is 11.3. The van der Waals surface area contributed by atoms with Crippen LogP contribution in [0.2, 0.25) is 0 Å². The maximum absolute atomic E-state index is 10.8. The Bertz CT molecular complexity index is 398. The lowest BCUT2D eigenvalue weighted by Gasteiger charge is -2.07. The van der Waals surface area contributed by atoms with Gasteiger partial charge in [-0.25, -0.2) is 0 Å². The average molecular weight is 318 g/mol. The molecule has 1 rings (SSSR count). The van der Waals surface area contributed by atoms with Gasteiger partial charge in [0.25, 0.3) is 0 Å². The summed E-state index contributed by atoms with van der Waals surface area (Å²) in [7, 11) is 0. The SMILES string of the molecule is CCCCOCCOc1ccc(Br)cc1[N+](=O)[O-]. The first-order valence-electron chi connectivity index (χ1n) is 5.79. The molecule has 0 N–H and O–H groups in total. The van der Waals surface area contributed by atoms with Gasteiger partial charge in [0.1, 0.15) is 6.61 Å². The summed E-state index contributed by atoms with van der Waals surface area (Å²) in [6.07, 6.45) is 2.09. The van der Waals surface area contributed by atoms with Crippen LogP contribution in [-0.4, -0.2) is 24.7 Å². The molecule has 6 heteroatoms. The van der Waals surface area contributed by atoms with Gasteiger partial charge in [-0.1, -0.05) is 29.3 Å². The topological polar surface area (TPSA) is 61.6 Å². The van der Waals surface area contributed by atoms with Gasteiger partial charge in [0.05, 0.1) is 11.5 Å². The quantitative estimate of drug-likeness (QED) is 0.418. The molecule has 0 bridgehead atoms. The fourth-order valence-electron chi connectivity index (χ4n) is 1.31. The van der Waals surface area contributed by atoms with E-state index in [-0.39, 0.29) is 11.4 Å². The molecule has 1 aromatic rings. The van der Waals surface area contributed by atoms with E-state index in [1.165, 1.54) is 6.07 Å². The van der Waals surface area contributed by atoms with E-state index >= 15 is 0 Å². The third-order valence-electron chi connectivity index (χ3n) is 2.25. The molecule has 5 nitrogen and oxygen atoms in total. The van der Waals surface area contributed by atoms with Gasteiger partial charge in [-0.15, -0.1) is 0 Å². The molecule has 100 valence electrons. The monoisotopic (exact) mass is 317 g/mol. The maximum atomic E-state index is 10.8. The Morgan fingerprint density at radius 2 is 2.11 bits per heavy atom. The van der Waals surface area contributed by atoms with Gasteiger partial charge in [0.2, 0.25) is 0 Å². The third-order valence-corrected chi connectivity index (χ3v) is 2.74. The summed E-state index contributed by atoms with van der Waals surface area (Å²) in [6, 6.07) is 4.71. The number of unbranched alkanes of at least 4 members (excludes halogenated alkanes) is 1. The van der Waals surface area contributed by atoms with E-state index in [0.717, 1.165) is 12.8 Å². The normalized spacial score (nSPS) is 10.3. The average Bonchev–Trinajstić information content (AvgIpc) is 2.35. The van der Waals surface area contributed by atoms with Crippen LogP contribution in [0.1, 0.15) is 19.8 Å². The highest BCUT2D eigenvalue weighted by atomic mass is 79.9. The molecule has 0 aliphatic carbocycles. The van der Waals surface area contributed by atoms with Crippen LogP contribution in [0.3, 0.4) is 0 Å². The predicted octanol–water partition coefficient (Wildman–Crippen LogP) is 3.55. The number of rotatable bonds is 8. The van der Waals surface area contributed by atoms with Crippen LogP contribution < -0.4 is 4.74 Å². The summed E-state index contributed by atoms with van der Waals surface area (Å²) in [5.41, 5.74) is -0.0436. The molecule has 0 saturated carbocycles. The highest BCUT2D eigenvalue weighted by molar-refractivity contribution is 9.10. The van der Waals surface area contributed by atoms with E-state index in [9.17, 15) is 10.1 Å². The Morgan fingerprint density at radius 3 is 2.78 bits per heavy atom. The molecular formula is C12H16BrNO4. The van der Waals surface area contributed by atoms with E-state index in [0.29, 0.717) is 24.3 Å². The number of hydrogen-bond donors (Lipinski definition) is 0. The van der Waals surface area contributed by atoms with Crippen molar-refractivity contribution in [1.29, 1.82) is 0 Å². The zero-order valence-corrected chi connectivity index (χ0v) is 11.8. The van der Waals surface area contributed by atoms with Crippen molar-refractivity contribution >= 4 is 21.6 Å². The highest BCUT2D eigenvalue weighted by Crippen LogP contribution is 2.29. The standard InChI is InChI=1S/C12H16BrNO4/c1-2-3-6-17-7-8-18-12-5-4-10(13)9-11(12)14(15)16/h4-5,9H,2-3,6-8H2,1H3. The van der Waals surface area contributed by atoms with Crippen molar-refractivity contribution in [2.75, 3.05) is 19.8 Å². The molecule has 1 aromatic carbocycles. The summed E-state index contributed by atoms with van der Waals surface area (Å²) in [5.74, 6) is 0.266.